The van der Waals surface area contributed by atoms with Gasteiger partial charge in [-0.15, -0.1) is 0 Å². The Morgan fingerprint density at radius 2 is 1.74 bits per heavy atom. The Balaban J connectivity index is 1.73. The minimum Gasteiger partial charge on any atom is -0.302 e. The molecule has 3 amide bonds. The van der Waals surface area contributed by atoms with Gasteiger partial charge in [-0.25, -0.2) is 9.79 Å². The predicted octanol–water partition coefficient (Wildman–Crippen LogP) is 3.61. The maximum atomic E-state index is 13.2. The summed E-state index contributed by atoms with van der Waals surface area (Å²) in [6.45, 7) is 9.28. The third kappa shape index (κ3) is 3.08. The molecule has 0 N–H and O–H groups in total. The van der Waals surface area contributed by atoms with E-state index >= 15 is 0 Å². The lowest BCUT2D eigenvalue weighted by molar-refractivity contribution is -0.138. The van der Waals surface area contributed by atoms with Gasteiger partial charge in [-0.05, 0) is 45.0 Å². The summed E-state index contributed by atoms with van der Waals surface area (Å²) in [4.78, 5) is 36.7. The number of hydrogen-bond acceptors (Lipinski definition) is 5. The summed E-state index contributed by atoms with van der Waals surface area (Å²) in [5.41, 5.74) is 1.91. The molecule has 1 fully saturated rings. The molecular formula is C21H22F3N5O2. The van der Waals surface area contributed by atoms with Crippen molar-refractivity contribution in [2.24, 2.45) is 4.99 Å². The molecule has 1 aromatic carbocycles. The van der Waals surface area contributed by atoms with Crippen LogP contribution in [0.5, 0.6) is 0 Å². The van der Waals surface area contributed by atoms with Crippen LogP contribution in [-0.4, -0.2) is 58.4 Å². The first-order chi connectivity index (χ1) is 14.4. The van der Waals surface area contributed by atoms with Crippen LogP contribution in [0, 0.1) is 0 Å². The zero-order chi connectivity index (χ0) is 22.8. The zero-order valence-corrected chi connectivity index (χ0v) is 17.6. The number of carbonyl (C=O) groups is 2. The number of hydrogen-bond donors (Lipinski definition) is 0. The number of rotatable bonds is 3. The molecule has 0 aromatic heterocycles. The number of amides is 3. The molecule has 0 radical (unpaired) electrons. The van der Waals surface area contributed by atoms with Gasteiger partial charge >= 0.3 is 12.2 Å². The lowest BCUT2D eigenvalue weighted by atomic mass is 10.1. The highest BCUT2D eigenvalue weighted by Crippen LogP contribution is 2.40. The Labute approximate surface area is 177 Å². The van der Waals surface area contributed by atoms with Crippen LogP contribution in [0.2, 0.25) is 0 Å². The van der Waals surface area contributed by atoms with Gasteiger partial charge in [0.15, 0.2) is 12.2 Å². The summed E-state index contributed by atoms with van der Waals surface area (Å²) in [6.07, 6.45) is -5.16. The maximum absolute atomic E-state index is 13.2. The summed E-state index contributed by atoms with van der Waals surface area (Å²) in [5.74, 6) is 0.0335. The van der Waals surface area contributed by atoms with Crippen LogP contribution >= 0.6 is 0 Å². The molecule has 1 saturated heterocycles. The first kappa shape index (κ1) is 21.0. The molecule has 3 heterocycles. The van der Waals surface area contributed by atoms with Crippen molar-refractivity contribution in [1.82, 2.24) is 14.7 Å². The first-order valence-electron chi connectivity index (χ1n) is 9.68. The van der Waals surface area contributed by atoms with Crippen LogP contribution in [0.3, 0.4) is 0 Å². The van der Waals surface area contributed by atoms with E-state index in [1.165, 1.54) is 17.0 Å². The number of urea groups is 1. The fraction of sp³-hybridized carbons (Fsp3) is 0.381. The quantitative estimate of drug-likeness (QED) is 0.684. The number of aliphatic imine (C=N–C) groups is 1. The highest BCUT2D eigenvalue weighted by atomic mass is 19.4. The average molecular weight is 433 g/mol. The number of carbonyl (C=O) groups excluding carboxylic acids is 2. The van der Waals surface area contributed by atoms with Gasteiger partial charge < -0.3 is 4.90 Å². The van der Waals surface area contributed by atoms with E-state index < -0.39 is 30.0 Å². The monoisotopic (exact) mass is 433 g/mol. The average Bonchev–Trinajstić information content (AvgIpc) is 3.19. The number of nitrogens with zero attached hydrogens (tertiary/aromatic N) is 5. The predicted molar refractivity (Wildman–Crippen MR) is 109 cm³/mol. The van der Waals surface area contributed by atoms with E-state index in [2.05, 4.69) is 11.6 Å². The van der Waals surface area contributed by atoms with Gasteiger partial charge in [-0.1, -0.05) is 12.2 Å². The number of allylic oxidation sites excluding steroid dienone is 2. The minimum absolute atomic E-state index is 0.110. The molecule has 7 nitrogen and oxygen atoms in total. The molecule has 10 heteroatoms. The molecule has 31 heavy (non-hydrogen) atoms. The van der Waals surface area contributed by atoms with Crippen molar-refractivity contribution in [3.05, 3.63) is 53.4 Å². The van der Waals surface area contributed by atoms with E-state index in [4.69, 9.17) is 0 Å². The highest BCUT2D eigenvalue weighted by molar-refractivity contribution is 6.10. The topological polar surface area (TPSA) is 59.5 Å². The second kappa shape index (κ2) is 6.86. The Morgan fingerprint density at radius 3 is 2.29 bits per heavy atom. The number of anilines is 1. The standard InChI is InChI=1S/C21H22F3N5O2/c1-11(2)10-27-18(30)16-17(26(5)20(27)31)25-19-28(12(3)13(4)29(16)19)15-8-6-14(7-9-15)21(22,23)24/h6-9,16-17H,1,10H2,2-5H3. The van der Waals surface area contributed by atoms with Crippen LogP contribution in [0.25, 0.3) is 0 Å². The van der Waals surface area contributed by atoms with E-state index in [1.807, 2.05) is 13.8 Å². The number of halogens is 3. The van der Waals surface area contributed by atoms with Gasteiger partial charge in [0.2, 0.25) is 5.96 Å². The molecule has 3 aliphatic rings. The lowest BCUT2D eigenvalue weighted by Gasteiger charge is -2.40. The molecule has 164 valence electrons. The fourth-order valence-corrected chi connectivity index (χ4v) is 4.14. The second-order valence-corrected chi connectivity index (χ2v) is 7.98. The van der Waals surface area contributed by atoms with Gasteiger partial charge in [-0.2, -0.15) is 13.2 Å². The van der Waals surface area contributed by atoms with Crippen LogP contribution < -0.4 is 4.90 Å². The van der Waals surface area contributed by atoms with E-state index in [1.54, 1.807) is 23.8 Å². The van der Waals surface area contributed by atoms with Crippen molar-refractivity contribution in [1.29, 1.82) is 0 Å². The molecule has 4 rings (SSSR count). The maximum Gasteiger partial charge on any atom is 0.416 e. The third-order valence-electron chi connectivity index (χ3n) is 5.77. The Hall–Kier alpha value is -3.30. The first-order valence-corrected chi connectivity index (χ1v) is 9.68. The van der Waals surface area contributed by atoms with Crippen molar-refractivity contribution < 1.29 is 22.8 Å². The Kier molecular flexibility index (Phi) is 4.64. The molecule has 0 bridgehead atoms. The van der Waals surface area contributed by atoms with E-state index in [0.29, 0.717) is 17.2 Å². The van der Waals surface area contributed by atoms with Crippen molar-refractivity contribution >= 4 is 23.6 Å². The van der Waals surface area contributed by atoms with Crippen molar-refractivity contribution in [3.8, 4) is 0 Å². The lowest BCUT2D eigenvalue weighted by Crippen LogP contribution is -2.64. The Bertz CT molecular complexity index is 1040. The number of imide groups is 1. The SMILES string of the molecule is C=C(C)CN1C(=O)C2C(N=C3N(c4ccc(C(F)(F)F)cc4)C(C)=C(C)N32)N(C)C1=O. The van der Waals surface area contributed by atoms with Crippen LogP contribution in [0.1, 0.15) is 26.3 Å². The van der Waals surface area contributed by atoms with E-state index in [0.717, 1.165) is 28.4 Å². The summed E-state index contributed by atoms with van der Waals surface area (Å²) in [5, 5.41) is 0. The molecule has 2 atom stereocenters. The number of alkyl halides is 3. The van der Waals surface area contributed by atoms with Crippen LogP contribution in [0.4, 0.5) is 23.7 Å². The second-order valence-electron chi connectivity index (χ2n) is 7.98. The minimum atomic E-state index is -4.43. The van der Waals surface area contributed by atoms with Gasteiger partial charge in [0.1, 0.15) is 0 Å². The van der Waals surface area contributed by atoms with Crippen molar-refractivity contribution in [2.45, 2.75) is 39.2 Å². The molecule has 0 saturated carbocycles. The summed E-state index contributed by atoms with van der Waals surface area (Å²) in [6, 6.07) is 3.57. The third-order valence-corrected chi connectivity index (χ3v) is 5.77. The van der Waals surface area contributed by atoms with Gasteiger partial charge in [0, 0.05) is 24.1 Å². The van der Waals surface area contributed by atoms with Gasteiger partial charge in [0.05, 0.1) is 12.1 Å². The summed E-state index contributed by atoms with van der Waals surface area (Å²) < 4.78 is 38.9. The molecule has 0 aliphatic carbocycles. The largest absolute Gasteiger partial charge is 0.416 e. The van der Waals surface area contributed by atoms with Gasteiger partial charge in [0.25, 0.3) is 5.91 Å². The van der Waals surface area contributed by atoms with E-state index in [9.17, 15) is 22.8 Å². The number of benzene rings is 1. The number of fused-ring (bicyclic) bond motifs is 3. The van der Waals surface area contributed by atoms with E-state index in [-0.39, 0.29) is 12.5 Å². The number of likely N-dealkylation sites (N-methyl/N-ethyl adjacent to an activating group) is 1. The van der Waals surface area contributed by atoms with Crippen LogP contribution in [-0.2, 0) is 11.0 Å². The summed E-state index contributed by atoms with van der Waals surface area (Å²) >= 11 is 0. The summed E-state index contributed by atoms with van der Waals surface area (Å²) in [7, 11) is 1.58. The molecular weight excluding hydrogens is 411 g/mol. The molecule has 3 aliphatic heterocycles. The smallest absolute Gasteiger partial charge is 0.302 e. The van der Waals surface area contributed by atoms with Crippen molar-refractivity contribution in [2.75, 3.05) is 18.5 Å². The van der Waals surface area contributed by atoms with Crippen molar-refractivity contribution in [3.63, 3.8) is 0 Å². The highest BCUT2D eigenvalue weighted by Gasteiger charge is 2.55. The number of guanidine groups is 1. The zero-order valence-electron chi connectivity index (χ0n) is 17.6. The van der Waals surface area contributed by atoms with Crippen LogP contribution in [0.15, 0.2) is 52.8 Å². The fourth-order valence-electron chi connectivity index (χ4n) is 4.14. The molecule has 0 spiro atoms. The van der Waals surface area contributed by atoms with Gasteiger partial charge in [-0.3, -0.25) is 19.5 Å². The molecule has 1 aromatic rings. The normalized spacial score (nSPS) is 23.5. The Morgan fingerprint density at radius 1 is 1.13 bits per heavy atom. The molecule has 2 unspecified atom stereocenters.